The van der Waals surface area contributed by atoms with Crippen molar-refractivity contribution in [1.82, 2.24) is 0 Å². The van der Waals surface area contributed by atoms with Gasteiger partial charge >= 0.3 is 0 Å². The highest BCUT2D eigenvalue weighted by atomic mass is 16.2. The number of rotatable bonds is 4. The van der Waals surface area contributed by atoms with Gasteiger partial charge in [0.25, 0.3) is 0 Å². The Hall–Kier alpha value is -4.06. The van der Waals surface area contributed by atoms with E-state index < -0.39 is 10.9 Å². The van der Waals surface area contributed by atoms with Gasteiger partial charge < -0.3 is 10.8 Å². The molecule has 160 valence electrons. The lowest BCUT2D eigenvalue weighted by molar-refractivity contribution is 0.539. The molecule has 0 spiro atoms. The molecule has 0 aliphatic heterocycles. The second kappa shape index (κ2) is 8.23. The van der Waals surface area contributed by atoms with E-state index in [4.69, 9.17) is 16.6 Å². The Kier molecular flexibility index (Phi) is 5.45. The molecule has 5 N–H and O–H groups in total. The number of aliphatic hydroxyl groups excluding tert-OH is 1. The molecule has 0 atom stereocenters. The lowest BCUT2D eigenvalue weighted by Gasteiger charge is -2.05. The highest BCUT2D eigenvalue weighted by Crippen LogP contribution is 2.10. The summed E-state index contributed by atoms with van der Waals surface area (Å²) < 4.78 is 0. The van der Waals surface area contributed by atoms with Gasteiger partial charge in [-0.3, -0.25) is 20.4 Å². The minimum atomic E-state index is -0.512. The normalized spacial score (nSPS) is 13.1. The monoisotopic (exact) mass is 425 g/mol. The minimum Gasteiger partial charge on any atom is -0.515 e. The van der Waals surface area contributed by atoms with Crippen molar-refractivity contribution in [2.24, 2.45) is 5.73 Å². The van der Waals surface area contributed by atoms with Crippen LogP contribution in [0.2, 0.25) is 0 Å². The van der Waals surface area contributed by atoms with E-state index in [0.717, 1.165) is 31.1 Å². The maximum absolute atomic E-state index is 13.2. The van der Waals surface area contributed by atoms with Gasteiger partial charge in [-0.15, -0.1) is 0 Å². The highest BCUT2D eigenvalue weighted by Gasteiger charge is 2.10. The Morgan fingerprint density at radius 3 is 2.09 bits per heavy atom. The van der Waals surface area contributed by atoms with Crippen molar-refractivity contribution in [3.8, 4) is 0 Å². The molecule has 3 aliphatic carbocycles. The van der Waals surface area contributed by atoms with Gasteiger partial charge in [-0.05, 0) is 48.2 Å². The molecule has 0 aromatic heterocycles. The maximum atomic E-state index is 13.2. The predicted molar refractivity (Wildman–Crippen MR) is 122 cm³/mol. The average Bonchev–Trinajstić information content (AvgIpc) is 2.80. The largest absolute Gasteiger partial charge is 0.515 e. The molecule has 4 rings (SSSR count). The van der Waals surface area contributed by atoms with Gasteiger partial charge in [0.05, 0.1) is 27.4 Å². The van der Waals surface area contributed by atoms with E-state index in [9.17, 15) is 14.7 Å². The zero-order chi connectivity index (χ0) is 23.0. The van der Waals surface area contributed by atoms with Crippen molar-refractivity contribution < 1.29 is 5.11 Å². The second-order valence-corrected chi connectivity index (χ2v) is 7.86. The number of unbranched alkanes of at least 4 members (excludes halogenated alkanes) is 1. The fourth-order valence-corrected chi connectivity index (χ4v) is 4.06. The molecular weight excluding hydrogens is 402 g/mol. The number of benzene rings is 1. The van der Waals surface area contributed by atoms with Gasteiger partial charge in [0, 0.05) is 26.6 Å². The van der Waals surface area contributed by atoms with Crippen LogP contribution in [0.1, 0.15) is 30.9 Å². The van der Waals surface area contributed by atoms with E-state index in [2.05, 4.69) is 6.92 Å². The molecule has 0 saturated heterocycles. The molecular formula is C26H23N3O3. The Morgan fingerprint density at radius 2 is 1.50 bits per heavy atom. The van der Waals surface area contributed by atoms with Crippen LogP contribution in [-0.2, 0) is 6.42 Å². The van der Waals surface area contributed by atoms with Crippen molar-refractivity contribution in [3.05, 3.63) is 122 Å². The molecule has 6 heteroatoms. The number of hydrogen-bond acceptors (Lipinski definition) is 6. The van der Waals surface area contributed by atoms with Crippen molar-refractivity contribution in [3.63, 3.8) is 0 Å². The number of hydrogen-bond donors (Lipinski definition) is 4. The topological polar surface area (TPSA) is 128 Å². The molecule has 32 heavy (non-hydrogen) atoms. The van der Waals surface area contributed by atoms with E-state index in [0.29, 0.717) is 10.9 Å². The molecule has 1 aromatic carbocycles. The van der Waals surface area contributed by atoms with E-state index in [1.54, 1.807) is 6.07 Å². The maximum Gasteiger partial charge on any atom is 0.196 e. The molecule has 1 aromatic rings. The molecule has 0 unspecified atom stereocenters. The summed E-state index contributed by atoms with van der Waals surface area (Å²) in [5.74, 6) is 0. The summed E-state index contributed by atoms with van der Waals surface area (Å²) in [6.45, 7) is 2.14. The summed E-state index contributed by atoms with van der Waals surface area (Å²) in [5, 5.41) is 26.4. The molecule has 6 nitrogen and oxygen atoms in total. The number of nitrogens with two attached hydrogens (primary N) is 1. The molecule has 0 saturated carbocycles. The SMILES string of the molecule is CCCCc1ccc(C(N)=c2ccc3c(=O)c4c(=N)c(=CO)ccc=4c(=O)c=3c2=N)cc1. The molecule has 3 aliphatic rings. The van der Waals surface area contributed by atoms with Crippen molar-refractivity contribution in [1.29, 1.82) is 10.8 Å². The van der Waals surface area contributed by atoms with Crippen LogP contribution in [0, 0.1) is 31.7 Å². The highest BCUT2D eigenvalue weighted by molar-refractivity contribution is 5.62. The van der Waals surface area contributed by atoms with Gasteiger partial charge in [-0.2, -0.15) is 0 Å². The minimum absolute atomic E-state index is 0.0114. The van der Waals surface area contributed by atoms with Crippen LogP contribution in [0.4, 0.5) is 0 Å². The Bertz CT molecular complexity index is 1800. The van der Waals surface area contributed by atoms with Gasteiger partial charge in [-0.25, -0.2) is 0 Å². The summed E-state index contributed by atoms with van der Waals surface area (Å²) >= 11 is 0. The van der Waals surface area contributed by atoms with Gasteiger partial charge in [0.15, 0.2) is 10.9 Å². The van der Waals surface area contributed by atoms with E-state index in [1.807, 2.05) is 24.3 Å². The number of aliphatic hydroxyl groups is 1. The Morgan fingerprint density at radius 1 is 0.906 bits per heavy atom. The van der Waals surface area contributed by atoms with Crippen molar-refractivity contribution in [2.45, 2.75) is 26.2 Å². The zero-order valence-electron chi connectivity index (χ0n) is 17.7. The molecule has 0 amide bonds. The molecule has 0 radical (unpaired) electrons. The van der Waals surface area contributed by atoms with Crippen LogP contribution in [0.3, 0.4) is 0 Å². The smallest absolute Gasteiger partial charge is 0.196 e. The van der Waals surface area contributed by atoms with Crippen LogP contribution in [-0.4, -0.2) is 5.11 Å². The fourth-order valence-electron chi connectivity index (χ4n) is 4.06. The van der Waals surface area contributed by atoms with Crippen molar-refractivity contribution >= 4 is 12.0 Å². The molecule has 0 bridgehead atoms. The third-order valence-corrected chi connectivity index (χ3v) is 5.90. The first-order chi connectivity index (χ1) is 15.4. The summed E-state index contributed by atoms with van der Waals surface area (Å²) in [4.78, 5) is 26.3. The summed E-state index contributed by atoms with van der Waals surface area (Å²) in [7, 11) is 0. The van der Waals surface area contributed by atoms with E-state index in [-0.39, 0.29) is 36.8 Å². The first-order valence-corrected chi connectivity index (χ1v) is 10.4. The van der Waals surface area contributed by atoms with Gasteiger partial charge in [0.2, 0.25) is 0 Å². The van der Waals surface area contributed by atoms with E-state index >= 15 is 0 Å². The zero-order valence-corrected chi connectivity index (χ0v) is 17.7. The van der Waals surface area contributed by atoms with Crippen LogP contribution in [0.5, 0.6) is 0 Å². The van der Waals surface area contributed by atoms with Crippen LogP contribution >= 0.6 is 0 Å². The number of nitrogens with one attached hydrogen (secondary N) is 2. The van der Waals surface area contributed by atoms with Gasteiger partial charge in [-0.1, -0.05) is 37.6 Å². The predicted octanol–water partition coefficient (Wildman–Crippen LogP) is 0.445. The fraction of sp³-hybridized carbons (Fsp3) is 0.154. The number of aryl methyl sites for hydroxylation is 1. The molecule has 0 heterocycles. The Labute approximate surface area is 182 Å². The lowest BCUT2D eigenvalue weighted by Crippen LogP contribution is -2.38. The molecule has 0 fully saturated rings. The first-order valence-electron chi connectivity index (χ1n) is 10.4. The van der Waals surface area contributed by atoms with Crippen LogP contribution in [0.25, 0.3) is 12.0 Å². The standard InChI is InChI=1S/C26H23N3O3/c1-2-3-4-14-5-7-15(8-6-14)22(27)19-12-11-18-21(24(19)29)26(32)17-10-9-16(13-30)23(28)20(17)25(18)31/h5-13,28-30H,2-4,27H2,1H3. The average molecular weight is 425 g/mol. The van der Waals surface area contributed by atoms with Crippen molar-refractivity contribution in [2.75, 3.05) is 0 Å². The lowest BCUT2D eigenvalue weighted by atomic mass is 10.0. The third-order valence-electron chi connectivity index (χ3n) is 5.90. The van der Waals surface area contributed by atoms with Gasteiger partial charge in [0.1, 0.15) is 0 Å². The first kappa shape index (κ1) is 21.2. The quantitative estimate of drug-likeness (QED) is 0.378. The van der Waals surface area contributed by atoms with Crippen LogP contribution in [0.15, 0.2) is 58.1 Å². The summed E-state index contributed by atoms with van der Waals surface area (Å²) in [5.41, 5.74) is 7.68. The van der Waals surface area contributed by atoms with Crippen LogP contribution < -0.4 is 37.7 Å². The summed E-state index contributed by atoms with van der Waals surface area (Å²) in [6, 6.07) is 13.7. The van der Waals surface area contributed by atoms with E-state index in [1.165, 1.54) is 23.8 Å². The second-order valence-electron chi connectivity index (χ2n) is 7.86. The third kappa shape index (κ3) is 3.30. The Balaban J connectivity index is 2.06. The summed E-state index contributed by atoms with van der Waals surface area (Å²) in [6.07, 6.45) is 3.95.